The molecule has 66 heavy (non-hydrogen) atoms. The molecule has 18 heteroatoms. The summed E-state index contributed by atoms with van der Waals surface area (Å²) in [7, 11) is 0. The monoisotopic (exact) mass is 919 g/mol. The highest BCUT2D eigenvalue weighted by molar-refractivity contribution is 5.96. The van der Waals surface area contributed by atoms with Crippen molar-refractivity contribution in [1.82, 2.24) is 15.3 Å². The van der Waals surface area contributed by atoms with Crippen LogP contribution in [-0.2, 0) is 64.8 Å². The lowest BCUT2D eigenvalue weighted by Gasteiger charge is -2.50. The Kier molecular flexibility index (Phi) is 13.2. The predicted molar refractivity (Wildman–Crippen MR) is 226 cm³/mol. The molecule has 15 nitrogen and oxygen atoms in total. The number of aliphatic hydroxyl groups is 1. The van der Waals surface area contributed by atoms with Crippen LogP contribution in [0.25, 0.3) is 6.08 Å². The molecule has 4 saturated heterocycles. The highest BCUT2D eigenvalue weighted by atomic mass is 19.4. The van der Waals surface area contributed by atoms with E-state index in [1.165, 1.54) is 16.0 Å². The van der Waals surface area contributed by atoms with Crippen LogP contribution in [0.3, 0.4) is 0 Å². The molecule has 5 aliphatic rings. The van der Waals surface area contributed by atoms with Gasteiger partial charge in [-0.25, -0.2) is 4.79 Å². The van der Waals surface area contributed by atoms with Crippen LogP contribution in [0.4, 0.5) is 13.2 Å². The first-order valence-corrected chi connectivity index (χ1v) is 22.0. The fourth-order valence-corrected chi connectivity index (χ4v) is 9.69. The van der Waals surface area contributed by atoms with Gasteiger partial charge in [0, 0.05) is 36.6 Å². The first kappa shape index (κ1) is 46.9. The second kappa shape index (κ2) is 18.6. The second-order valence-electron chi connectivity index (χ2n) is 18.2. The van der Waals surface area contributed by atoms with Crippen LogP contribution in [0.1, 0.15) is 75.1 Å². The van der Waals surface area contributed by atoms with E-state index in [-0.39, 0.29) is 32.4 Å². The van der Waals surface area contributed by atoms with E-state index in [1.807, 2.05) is 60.7 Å². The quantitative estimate of drug-likeness (QED) is 0.127. The van der Waals surface area contributed by atoms with E-state index in [0.29, 0.717) is 35.1 Å². The van der Waals surface area contributed by atoms with Gasteiger partial charge in [0.2, 0.25) is 17.6 Å². The number of carbonyl (C=O) groups excluding carboxylic acids is 5. The molecule has 5 fully saturated rings. The molecule has 4 aliphatic heterocycles. The minimum atomic E-state index is -4.67. The van der Waals surface area contributed by atoms with Gasteiger partial charge in [0.25, 0.3) is 0 Å². The number of aliphatic hydroxyl groups excluding tert-OH is 1. The van der Waals surface area contributed by atoms with E-state index >= 15 is 4.79 Å². The fourth-order valence-electron chi connectivity index (χ4n) is 9.69. The predicted octanol–water partition coefficient (Wildman–Crippen LogP) is 4.88. The van der Waals surface area contributed by atoms with Crippen LogP contribution in [0.2, 0.25) is 0 Å². The van der Waals surface area contributed by atoms with Crippen molar-refractivity contribution in [3.8, 4) is 0 Å². The molecule has 3 aromatic rings. The van der Waals surface area contributed by atoms with Gasteiger partial charge >= 0.3 is 24.1 Å². The zero-order valence-electron chi connectivity index (χ0n) is 36.6. The minimum Gasteiger partial charge on any atom is -0.460 e. The summed E-state index contributed by atoms with van der Waals surface area (Å²) in [4.78, 5) is 76.9. The van der Waals surface area contributed by atoms with Crippen molar-refractivity contribution in [3.05, 3.63) is 113 Å². The summed E-state index contributed by atoms with van der Waals surface area (Å²) in [6, 6.07) is 22.0. The molecule has 0 unspecified atom stereocenters. The van der Waals surface area contributed by atoms with E-state index in [0.717, 1.165) is 6.08 Å². The molecular formula is C48H52F3N3O12. The van der Waals surface area contributed by atoms with Crippen LogP contribution in [0.5, 0.6) is 0 Å². The Labute approximate surface area is 379 Å². The SMILES string of the molecule is CC(C)(C)OC(=O)CC[C@@H](CO)NC(=O)[C@H]1CCCN1C(=O)[C@@]12C[C@H]3OC(=O)[C@@H]1N(Cc1ccc(C=CC(=O)OCC(F)(F)F)cc1)O[C@@H]2[C@H]1OC(c2ccccc2)(c2ccccc2)O[C@H]13. The first-order chi connectivity index (χ1) is 31.4. The molecule has 3 aromatic carbocycles. The molecule has 2 N–H and O–H groups in total. The van der Waals surface area contributed by atoms with Crippen molar-refractivity contribution in [2.75, 3.05) is 19.8 Å². The second-order valence-corrected chi connectivity index (χ2v) is 18.2. The van der Waals surface area contributed by atoms with Gasteiger partial charge in [-0.1, -0.05) is 84.9 Å². The normalized spacial score (nSPS) is 27.3. The maximum Gasteiger partial charge on any atom is 0.422 e. The number of nitrogens with one attached hydrogen (secondary N) is 1. The molecule has 2 amide bonds. The third-order valence-corrected chi connectivity index (χ3v) is 12.5. The summed E-state index contributed by atoms with van der Waals surface area (Å²) in [5.41, 5.74) is 0.0175. The summed E-state index contributed by atoms with van der Waals surface area (Å²) in [6.07, 6.45) is -5.70. The van der Waals surface area contributed by atoms with E-state index in [4.69, 9.17) is 23.8 Å². The number of halogens is 3. The Balaban J connectivity index is 1.10. The van der Waals surface area contributed by atoms with Gasteiger partial charge in [0.1, 0.15) is 41.5 Å². The van der Waals surface area contributed by atoms with E-state index in [9.17, 15) is 37.5 Å². The number of esters is 3. The fraction of sp³-hybridized carbons (Fsp3) is 0.479. The smallest absolute Gasteiger partial charge is 0.422 e. The number of hydroxylamine groups is 2. The number of nitrogens with zero attached hydrogens (tertiary/aromatic N) is 2. The maximum absolute atomic E-state index is 15.6. The molecule has 4 heterocycles. The number of benzene rings is 3. The molecule has 0 radical (unpaired) electrons. The van der Waals surface area contributed by atoms with Crippen LogP contribution in [0.15, 0.2) is 91.0 Å². The molecular weight excluding hydrogens is 868 g/mol. The van der Waals surface area contributed by atoms with Crippen molar-refractivity contribution in [2.24, 2.45) is 5.41 Å². The van der Waals surface area contributed by atoms with Crippen LogP contribution >= 0.6 is 0 Å². The zero-order valence-corrected chi connectivity index (χ0v) is 36.6. The molecule has 0 spiro atoms. The number of hydrogen-bond acceptors (Lipinski definition) is 13. The van der Waals surface area contributed by atoms with Crippen molar-refractivity contribution in [1.29, 1.82) is 0 Å². The average molecular weight is 920 g/mol. The Morgan fingerprint density at radius 2 is 1.59 bits per heavy atom. The summed E-state index contributed by atoms with van der Waals surface area (Å²) < 4.78 is 67.4. The molecule has 1 aliphatic carbocycles. The lowest BCUT2D eigenvalue weighted by atomic mass is 9.62. The number of rotatable bonds is 14. The number of amides is 2. The van der Waals surface area contributed by atoms with Gasteiger partial charge in [0.05, 0.1) is 19.2 Å². The van der Waals surface area contributed by atoms with Crippen molar-refractivity contribution < 1.29 is 70.8 Å². The number of likely N-dealkylation sites (tertiary alicyclic amines) is 1. The number of alkyl halides is 3. The number of hydrogen-bond donors (Lipinski definition) is 2. The van der Waals surface area contributed by atoms with Gasteiger partial charge in [0.15, 0.2) is 12.6 Å². The lowest BCUT2D eigenvalue weighted by molar-refractivity contribution is -0.214. The summed E-state index contributed by atoms with van der Waals surface area (Å²) in [5, 5.41) is 14.4. The summed E-state index contributed by atoms with van der Waals surface area (Å²) in [6.45, 7) is 3.18. The third kappa shape index (κ3) is 9.47. The van der Waals surface area contributed by atoms with Gasteiger partial charge < -0.3 is 39.0 Å². The summed E-state index contributed by atoms with van der Waals surface area (Å²) >= 11 is 0. The van der Waals surface area contributed by atoms with E-state index < -0.39 is 108 Å². The molecule has 0 aromatic heterocycles. The highest BCUT2D eigenvalue weighted by Crippen LogP contribution is 2.60. The van der Waals surface area contributed by atoms with Crippen LogP contribution in [0, 0.1) is 5.41 Å². The van der Waals surface area contributed by atoms with Gasteiger partial charge in [-0.15, -0.1) is 0 Å². The van der Waals surface area contributed by atoms with Crippen molar-refractivity contribution in [2.45, 2.75) is 120 Å². The Morgan fingerprint density at radius 3 is 2.21 bits per heavy atom. The lowest BCUT2D eigenvalue weighted by Crippen LogP contribution is -2.70. The van der Waals surface area contributed by atoms with Gasteiger partial charge in [-0.2, -0.15) is 18.2 Å². The molecule has 1 saturated carbocycles. The van der Waals surface area contributed by atoms with E-state index in [1.54, 1.807) is 45.0 Å². The number of carbonyl (C=O) groups is 5. The Bertz CT molecular complexity index is 2270. The van der Waals surface area contributed by atoms with Crippen molar-refractivity contribution >= 4 is 35.8 Å². The number of fused-ring (bicyclic) bond motifs is 4. The first-order valence-electron chi connectivity index (χ1n) is 22.0. The van der Waals surface area contributed by atoms with Gasteiger partial charge in [-0.05, 0) is 57.2 Å². The molecule has 352 valence electrons. The van der Waals surface area contributed by atoms with E-state index in [2.05, 4.69) is 10.1 Å². The standard InChI is InChI=1S/C48H52F3N3O12/c1-45(2,3)63-37(57)23-21-33(27-55)52-42(58)34-15-10-24-53(34)44(60)46-25-35-38-39(65-48(64-38,31-11-6-4-7-12-31)32-13-8-5-9-14-32)41(46)66-54(40(46)43(59)62-35)26-30-18-16-29(17-19-30)20-22-36(56)61-28-47(49,50)51/h4-9,11-14,16-20,22,33-35,38-41,55H,10,15,21,23-28H2,1-3H3,(H,52,58)/t33-,34+,35+,38-,39-,40-,41+,46-/m0/s1. The molecule has 8 rings (SSSR count). The summed E-state index contributed by atoms with van der Waals surface area (Å²) in [5.74, 6) is -4.93. The van der Waals surface area contributed by atoms with Crippen LogP contribution in [-0.4, -0.2) is 119 Å². The minimum absolute atomic E-state index is 0.0260. The Hall–Kier alpha value is -5.66. The third-order valence-electron chi connectivity index (χ3n) is 12.5. The zero-order chi connectivity index (χ0) is 47.0. The number of ether oxygens (including phenoxy) is 5. The van der Waals surface area contributed by atoms with Gasteiger partial charge in [-0.3, -0.25) is 24.0 Å². The molecule has 8 atom stereocenters. The van der Waals surface area contributed by atoms with Crippen LogP contribution < -0.4 is 5.32 Å². The largest absolute Gasteiger partial charge is 0.460 e. The average Bonchev–Trinajstić information content (AvgIpc) is 4.03. The maximum atomic E-state index is 15.6. The van der Waals surface area contributed by atoms with Crippen molar-refractivity contribution in [3.63, 3.8) is 0 Å². The molecule has 2 bridgehead atoms. The highest BCUT2D eigenvalue weighted by Gasteiger charge is 2.77. The Morgan fingerprint density at radius 1 is 0.939 bits per heavy atom. The topological polar surface area (TPSA) is 179 Å².